The van der Waals surface area contributed by atoms with Crippen LogP contribution in [0.2, 0.25) is 5.02 Å². The normalized spacial score (nSPS) is 14.8. The van der Waals surface area contributed by atoms with Crippen LogP contribution in [0, 0.1) is 0 Å². The van der Waals surface area contributed by atoms with Crippen molar-refractivity contribution in [2.45, 2.75) is 23.8 Å². The number of hydrogen-bond donors (Lipinski definition) is 2. The highest BCUT2D eigenvalue weighted by Gasteiger charge is 2.18. The summed E-state index contributed by atoms with van der Waals surface area (Å²) in [5.41, 5.74) is 2.89. The third kappa shape index (κ3) is 4.03. The van der Waals surface area contributed by atoms with Crippen LogP contribution in [0.5, 0.6) is 0 Å². The molecule has 0 amide bonds. The average molecular weight is 436 g/mol. The van der Waals surface area contributed by atoms with Crippen LogP contribution in [0.15, 0.2) is 71.9 Å². The predicted molar refractivity (Wildman–Crippen MR) is 125 cm³/mol. The number of nitrogens with zero attached hydrogens (tertiary/aromatic N) is 3. The fraction of sp³-hybridized carbons (Fsp3) is 0.217. The van der Waals surface area contributed by atoms with Gasteiger partial charge in [-0.3, -0.25) is 3.97 Å². The number of benzene rings is 2. The van der Waals surface area contributed by atoms with Gasteiger partial charge in [-0.2, -0.15) is 0 Å². The van der Waals surface area contributed by atoms with Gasteiger partial charge in [-0.05, 0) is 56.1 Å². The van der Waals surface area contributed by atoms with Crippen molar-refractivity contribution in [2.75, 3.05) is 18.4 Å². The molecule has 5 nitrogen and oxygen atoms in total. The van der Waals surface area contributed by atoms with Crippen molar-refractivity contribution in [3.05, 3.63) is 72.0 Å². The first-order chi connectivity index (χ1) is 14.8. The van der Waals surface area contributed by atoms with Gasteiger partial charge in [-0.15, -0.1) is 0 Å². The Balaban J connectivity index is 1.53. The van der Waals surface area contributed by atoms with Crippen LogP contribution < -0.4 is 10.6 Å². The van der Waals surface area contributed by atoms with Gasteiger partial charge in [0.2, 0.25) is 5.95 Å². The van der Waals surface area contributed by atoms with E-state index in [0.717, 1.165) is 48.1 Å². The fourth-order valence-electron chi connectivity index (χ4n) is 3.78. The summed E-state index contributed by atoms with van der Waals surface area (Å²) in [6.45, 7) is 2.03. The highest BCUT2D eigenvalue weighted by atomic mass is 35.5. The van der Waals surface area contributed by atoms with E-state index < -0.39 is 0 Å². The van der Waals surface area contributed by atoms with Crippen LogP contribution in [-0.2, 0) is 0 Å². The summed E-state index contributed by atoms with van der Waals surface area (Å²) in [4.78, 5) is 10.4. The summed E-state index contributed by atoms with van der Waals surface area (Å²) in [6.07, 6.45) is 5.94. The smallest absolute Gasteiger partial charge is 0.223 e. The van der Waals surface area contributed by atoms with Crippen molar-refractivity contribution in [1.82, 2.24) is 19.3 Å². The maximum atomic E-state index is 6.56. The number of aromatic nitrogens is 3. The van der Waals surface area contributed by atoms with Gasteiger partial charge in [-0.25, -0.2) is 9.97 Å². The predicted octanol–water partition coefficient (Wildman–Crippen LogP) is 5.47. The summed E-state index contributed by atoms with van der Waals surface area (Å²) in [5, 5.41) is 8.54. The molecule has 1 aliphatic rings. The van der Waals surface area contributed by atoms with E-state index in [1.54, 1.807) is 18.1 Å². The largest absolute Gasteiger partial charge is 0.351 e. The lowest BCUT2D eigenvalue weighted by Crippen LogP contribution is -2.35. The minimum Gasteiger partial charge on any atom is -0.351 e. The van der Waals surface area contributed by atoms with Crippen LogP contribution >= 0.6 is 23.5 Å². The molecule has 5 rings (SSSR count). The molecular weight excluding hydrogens is 414 g/mol. The molecule has 30 heavy (non-hydrogen) atoms. The first-order valence-electron chi connectivity index (χ1n) is 10.1. The molecule has 0 atom stereocenters. The minimum atomic E-state index is 0.384. The number of rotatable bonds is 5. The Bertz CT molecular complexity index is 1150. The molecule has 0 unspecified atom stereocenters. The van der Waals surface area contributed by atoms with E-state index >= 15 is 0 Å². The number of fused-ring (bicyclic) bond motifs is 1. The number of piperidine rings is 1. The van der Waals surface area contributed by atoms with Gasteiger partial charge in [-0.1, -0.05) is 48.0 Å². The van der Waals surface area contributed by atoms with Gasteiger partial charge in [0.05, 0.1) is 22.4 Å². The molecule has 2 aromatic carbocycles. The van der Waals surface area contributed by atoms with Crippen molar-refractivity contribution in [3.8, 4) is 11.3 Å². The van der Waals surface area contributed by atoms with Crippen LogP contribution in [0.3, 0.4) is 0 Å². The van der Waals surface area contributed by atoms with Crippen LogP contribution in [-0.4, -0.2) is 33.1 Å². The van der Waals surface area contributed by atoms with Crippen LogP contribution in [0.4, 0.5) is 5.95 Å². The molecule has 0 radical (unpaired) electrons. The van der Waals surface area contributed by atoms with Crippen molar-refractivity contribution in [2.24, 2.45) is 0 Å². The molecule has 1 saturated heterocycles. The number of halogens is 1. The van der Waals surface area contributed by atoms with Gasteiger partial charge in [0.15, 0.2) is 0 Å². The van der Waals surface area contributed by atoms with E-state index in [0.29, 0.717) is 17.0 Å². The maximum absolute atomic E-state index is 6.56. The Labute approximate surface area is 185 Å². The lowest BCUT2D eigenvalue weighted by Gasteiger charge is -2.23. The second kappa shape index (κ2) is 8.68. The summed E-state index contributed by atoms with van der Waals surface area (Å²) in [5.74, 6) is 0.633. The maximum Gasteiger partial charge on any atom is 0.223 e. The minimum absolute atomic E-state index is 0.384. The number of anilines is 1. The number of para-hydroxylation sites is 1. The van der Waals surface area contributed by atoms with Crippen molar-refractivity contribution in [1.29, 1.82) is 0 Å². The third-order valence-corrected chi connectivity index (χ3v) is 6.55. The third-order valence-electron chi connectivity index (χ3n) is 5.30. The molecule has 4 aromatic rings. The van der Waals surface area contributed by atoms with E-state index in [9.17, 15) is 0 Å². The Morgan fingerprint density at radius 2 is 1.80 bits per heavy atom. The highest BCUT2D eigenvalue weighted by molar-refractivity contribution is 7.98. The van der Waals surface area contributed by atoms with Gasteiger partial charge >= 0.3 is 0 Å². The van der Waals surface area contributed by atoms with E-state index in [4.69, 9.17) is 16.6 Å². The molecule has 0 aliphatic carbocycles. The quantitative estimate of drug-likeness (QED) is 0.435. The lowest BCUT2D eigenvalue weighted by atomic mass is 10.1. The second-order valence-corrected chi connectivity index (χ2v) is 8.80. The standard InChI is InChI=1S/C23H22ClN5S/c24-20-14-26-23(27-16-10-12-25-13-11-16)28-22(20)19-15-29(21-9-5-4-8-18(19)21)30-17-6-2-1-3-7-17/h1-9,14-16,25H,10-13H2,(H,26,27,28). The highest BCUT2D eigenvalue weighted by Crippen LogP contribution is 2.37. The molecule has 0 saturated carbocycles. The van der Waals surface area contributed by atoms with Gasteiger partial charge in [0.25, 0.3) is 0 Å². The summed E-state index contributed by atoms with van der Waals surface area (Å²) in [7, 11) is 0. The molecule has 0 spiro atoms. The number of nitrogens with one attached hydrogen (secondary N) is 2. The van der Waals surface area contributed by atoms with E-state index in [2.05, 4.69) is 68.3 Å². The van der Waals surface area contributed by atoms with E-state index in [1.807, 2.05) is 12.1 Å². The van der Waals surface area contributed by atoms with E-state index in [1.165, 1.54) is 4.90 Å². The topological polar surface area (TPSA) is 54.8 Å². The molecule has 7 heteroatoms. The average Bonchev–Trinajstić information content (AvgIpc) is 3.15. The van der Waals surface area contributed by atoms with Crippen molar-refractivity contribution >= 4 is 40.4 Å². The molecule has 3 heterocycles. The van der Waals surface area contributed by atoms with Crippen LogP contribution in [0.1, 0.15) is 12.8 Å². The Morgan fingerprint density at radius 3 is 2.63 bits per heavy atom. The SMILES string of the molecule is Clc1cnc(NC2CCNCC2)nc1-c1cn(Sc2ccccc2)c2ccccc12. The summed E-state index contributed by atoms with van der Waals surface area (Å²) in [6, 6.07) is 19.1. The first kappa shape index (κ1) is 19.4. The molecule has 2 N–H and O–H groups in total. The zero-order valence-electron chi connectivity index (χ0n) is 16.4. The molecule has 0 bridgehead atoms. The van der Waals surface area contributed by atoms with Gasteiger partial charge in [0.1, 0.15) is 0 Å². The second-order valence-electron chi connectivity index (χ2n) is 7.35. The molecule has 1 aliphatic heterocycles. The molecule has 2 aromatic heterocycles. The summed E-state index contributed by atoms with van der Waals surface area (Å²) >= 11 is 8.24. The molecular formula is C23H22ClN5S. The van der Waals surface area contributed by atoms with Crippen molar-refractivity contribution in [3.63, 3.8) is 0 Å². The Kier molecular flexibility index (Phi) is 5.62. The van der Waals surface area contributed by atoms with Gasteiger partial charge < -0.3 is 10.6 Å². The molecule has 1 fully saturated rings. The van der Waals surface area contributed by atoms with Gasteiger partial charge in [0, 0.05) is 28.1 Å². The zero-order valence-corrected chi connectivity index (χ0v) is 18.0. The fourth-order valence-corrected chi connectivity index (χ4v) is 4.90. The van der Waals surface area contributed by atoms with Crippen LogP contribution in [0.25, 0.3) is 22.2 Å². The van der Waals surface area contributed by atoms with Crippen molar-refractivity contribution < 1.29 is 0 Å². The first-order valence-corrected chi connectivity index (χ1v) is 11.3. The lowest BCUT2D eigenvalue weighted by molar-refractivity contribution is 0.477. The monoisotopic (exact) mass is 435 g/mol. The number of hydrogen-bond acceptors (Lipinski definition) is 5. The molecule has 152 valence electrons. The van der Waals surface area contributed by atoms with E-state index in [-0.39, 0.29) is 0 Å². The Hall–Kier alpha value is -2.54. The Morgan fingerprint density at radius 1 is 1.03 bits per heavy atom. The zero-order chi connectivity index (χ0) is 20.3. The summed E-state index contributed by atoms with van der Waals surface area (Å²) < 4.78 is 2.18.